The van der Waals surface area contributed by atoms with Crippen LogP contribution in [0, 0.1) is 6.92 Å². The van der Waals surface area contributed by atoms with Gasteiger partial charge in [0.2, 0.25) is 0 Å². The summed E-state index contributed by atoms with van der Waals surface area (Å²) in [4.78, 5) is 22.6. The summed E-state index contributed by atoms with van der Waals surface area (Å²) in [7, 11) is 0. The van der Waals surface area contributed by atoms with Crippen LogP contribution in [-0.2, 0) is 4.18 Å². The molecule has 0 fully saturated rings. The molecule has 102 valence electrons. The Kier molecular flexibility index (Phi) is 4.42. The molecular formula is C15H13NO3S. The van der Waals surface area contributed by atoms with E-state index in [-0.39, 0.29) is 5.12 Å². The van der Waals surface area contributed by atoms with Crippen LogP contribution in [0.5, 0.6) is 0 Å². The van der Waals surface area contributed by atoms with Gasteiger partial charge in [-0.15, -0.1) is 0 Å². The number of hydrogen-bond acceptors (Lipinski definition) is 4. The first kappa shape index (κ1) is 14.1. The summed E-state index contributed by atoms with van der Waals surface area (Å²) in [6, 6.07) is 15.0. The van der Waals surface area contributed by atoms with Gasteiger partial charge in [-0.25, -0.2) is 4.79 Å². The molecule has 4 nitrogen and oxygen atoms in total. The summed E-state index contributed by atoms with van der Waals surface area (Å²) in [5.74, 6) is 0. The number of hydrogen-bond donors (Lipinski definition) is 1. The number of carbonyl (C=O) groups excluding carboxylic acids is 2. The zero-order valence-electron chi connectivity index (χ0n) is 10.8. The third-order valence-electron chi connectivity index (χ3n) is 2.71. The number of aryl methyl sites for hydroxylation is 1. The van der Waals surface area contributed by atoms with Crippen LogP contribution in [-0.4, -0.2) is 11.2 Å². The summed E-state index contributed by atoms with van der Waals surface area (Å²) in [6.45, 7) is 2.00. The van der Waals surface area contributed by atoms with Gasteiger partial charge in [0.15, 0.2) is 0 Å². The predicted molar refractivity (Wildman–Crippen MR) is 79.2 cm³/mol. The molecule has 0 saturated carbocycles. The Bertz CT molecular complexity index is 638. The van der Waals surface area contributed by atoms with E-state index in [0.717, 1.165) is 16.7 Å². The predicted octanol–water partition coefficient (Wildman–Crippen LogP) is 3.55. The number of amides is 1. The van der Waals surface area contributed by atoms with Crippen LogP contribution in [0.15, 0.2) is 48.5 Å². The van der Waals surface area contributed by atoms with E-state index in [1.54, 1.807) is 12.1 Å². The first-order valence-corrected chi connectivity index (χ1v) is 6.66. The molecule has 0 aliphatic carbocycles. The van der Waals surface area contributed by atoms with Gasteiger partial charge in [0.25, 0.3) is 5.12 Å². The molecule has 0 aromatic heterocycles. The summed E-state index contributed by atoms with van der Waals surface area (Å²) < 4.78 is 4.47. The number of primary amides is 1. The molecule has 0 bridgehead atoms. The van der Waals surface area contributed by atoms with Gasteiger partial charge < -0.3 is 9.92 Å². The van der Waals surface area contributed by atoms with Crippen LogP contribution in [0.2, 0.25) is 0 Å². The standard InChI is InChI=1S/C15H13NO3S/c1-10-6-8-11(9-7-10)12-4-2-3-5-13(12)14(17)20-19-15(16)18/h2-9H,1H3,(H2,16,18). The SMILES string of the molecule is Cc1ccc(-c2ccccc2C(=O)SOC(N)=O)cc1. The molecule has 2 aromatic rings. The van der Waals surface area contributed by atoms with Crippen molar-refractivity contribution in [1.82, 2.24) is 0 Å². The largest absolute Gasteiger partial charge is 0.417 e. The van der Waals surface area contributed by atoms with Gasteiger partial charge in [-0.3, -0.25) is 4.79 Å². The van der Waals surface area contributed by atoms with Crippen molar-refractivity contribution in [3.05, 3.63) is 59.7 Å². The normalized spacial score (nSPS) is 10.1. The van der Waals surface area contributed by atoms with Gasteiger partial charge in [-0.05, 0) is 24.1 Å². The van der Waals surface area contributed by atoms with E-state index in [1.165, 1.54) is 0 Å². The molecule has 0 aliphatic heterocycles. The maximum Gasteiger partial charge on any atom is 0.417 e. The molecule has 0 atom stereocenters. The quantitative estimate of drug-likeness (QED) is 0.858. The number of carbonyl (C=O) groups is 2. The average molecular weight is 287 g/mol. The molecule has 0 spiro atoms. The molecule has 5 heteroatoms. The molecule has 2 N–H and O–H groups in total. The smallest absolute Gasteiger partial charge is 0.366 e. The minimum Gasteiger partial charge on any atom is -0.366 e. The Morgan fingerprint density at radius 2 is 1.70 bits per heavy atom. The summed E-state index contributed by atoms with van der Waals surface area (Å²) in [5.41, 5.74) is 8.19. The molecule has 0 heterocycles. The number of rotatable bonds is 2. The van der Waals surface area contributed by atoms with Crippen molar-refractivity contribution < 1.29 is 13.8 Å². The van der Waals surface area contributed by atoms with Crippen molar-refractivity contribution in [3.8, 4) is 11.1 Å². The Labute approximate surface area is 121 Å². The molecule has 1 amide bonds. The molecule has 0 aliphatic rings. The van der Waals surface area contributed by atoms with Crippen molar-refractivity contribution in [3.63, 3.8) is 0 Å². The lowest BCUT2D eigenvalue weighted by Gasteiger charge is -2.08. The van der Waals surface area contributed by atoms with Crippen LogP contribution in [0.1, 0.15) is 15.9 Å². The Balaban J connectivity index is 2.33. The molecule has 20 heavy (non-hydrogen) atoms. The van der Waals surface area contributed by atoms with E-state index in [4.69, 9.17) is 5.73 Å². The molecule has 2 aromatic carbocycles. The topological polar surface area (TPSA) is 69.4 Å². The van der Waals surface area contributed by atoms with E-state index >= 15 is 0 Å². The van der Waals surface area contributed by atoms with E-state index in [0.29, 0.717) is 17.6 Å². The van der Waals surface area contributed by atoms with E-state index in [2.05, 4.69) is 4.18 Å². The van der Waals surface area contributed by atoms with Crippen LogP contribution >= 0.6 is 12.0 Å². The highest BCUT2D eigenvalue weighted by molar-refractivity contribution is 8.10. The van der Waals surface area contributed by atoms with Crippen molar-refractivity contribution >= 4 is 23.3 Å². The first-order valence-electron chi connectivity index (χ1n) is 5.92. The Hall–Kier alpha value is -2.27. The van der Waals surface area contributed by atoms with Gasteiger partial charge in [0.05, 0.1) is 0 Å². The minimum atomic E-state index is -0.990. The molecular weight excluding hydrogens is 274 g/mol. The lowest BCUT2D eigenvalue weighted by atomic mass is 9.99. The van der Waals surface area contributed by atoms with Gasteiger partial charge in [0, 0.05) is 5.56 Å². The van der Waals surface area contributed by atoms with Gasteiger partial charge >= 0.3 is 6.09 Å². The first-order chi connectivity index (χ1) is 9.58. The Morgan fingerprint density at radius 1 is 1.05 bits per heavy atom. The fourth-order valence-electron chi connectivity index (χ4n) is 1.77. The molecule has 2 rings (SSSR count). The molecule has 0 radical (unpaired) electrons. The lowest BCUT2D eigenvalue weighted by molar-refractivity contribution is 0.108. The summed E-state index contributed by atoms with van der Waals surface area (Å²) in [5, 5.41) is -0.361. The Morgan fingerprint density at radius 3 is 2.35 bits per heavy atom. The van der Waals surface area contributed by atoms with E-state index in [9.17, 15) is 9.59 Å². The average Bonchev–Trinajstić information content (AvgIpc) is 2.45. The summed E-state index contributed by atoms with van der Waals surface area (Å²) >= 11 is 0.436. The van der Waals surface area contributed by atoms with Crippen molar-refractivity contribution in [1.29, 1.82) is 0 Å². The van der Waals surface area contributed by atoms with Crippen molar-refractivity contribution in [2.24, 2.45) is 5.73 Å². The van der Waals surface area contributed by atoms with Gasteiger partial charge in [-0.1, -0.05) is 48.0 Å². The zero-order valence-corrected chi connectivity index (χ0v) is 11.6. The second kappa shape index (κ2) is 6.25. The van der Waals surface area contributed by atoms with Crippen LogP contribution in [0.25, 0.3) is 11.1 Å². The maximum atomic E-state index is 12.0. The third-order valence-corrected chi connectivity index (χ3v) is 3.33. The van der Waals surface area contributed by atoms with Crippen molar-refractivity contribution in [2.45, 2.75) is 6.92 Å². The highest BCUT2D eigenvalue weighted by Gasteiger charge is 2.15. The van der Waals surface area contributed by atoms with E-state index < -0.39 is 6.09 Å². The fraction of sp³-hybridized carbons (Fsp3) is 0.0667. The molecule has 0 unspecified atom stereocenters. The second-order valence-corrected chi connectivity index (χ2v) is 4.89. The highest BCUT2D eigenvalue weighted by Crippen LogP contribution is 2.27. The number of benzene rings is 2. The minimum absolute atomic E-state index is 0.361. The molecule has 0 saturated heterocycles. The third kappa shape index (κ3) is 3.39. The highest BCUT2D eigenvalue weighted by atomic mass is 32.2. The van der Waals surface area contributed by atoms with Gasteiger partial charge in [-0.2, -0.15) is 0 Å². The van der Waals surface area contributed by atoms with Crippen LogP contribution < -0.4 is 5.73 Å². The fourth-order valence-corrected chi connectivity index (χ4v) is 2.20. The second-order valence-electron chi connectivity index (χ2n) is 4.18. The van der Waals surface area contributed by atoms with Crippen molar-refractivity contribution in [2.75, 3.05) is 0 Å². The van der Waals surface area contributed by atoms with Crippen LogP contribution in [0.3, 0.4) is 0 Å². The van der Waals surface area contributed by atoms with Crippen LogP contribution in [0.4, 0.5) is 4.79 Å². The number of nitrogens with two attached hydrogens (primary N) is 1. The summed E-state index contributed by atoms with van der Waals surface area (Å²) in [6.07, 6.45) is -0.990. The maximum absolute atomic E-state index is 12.0. The lowest BCUT2D eigenvalue weighted by Crippen LogP contribution is -2.10. The monoisotopic (exact) mass is 287 g/mol. The van der Waals surface area contributed by atoms with Gasteiger partial charge in [0.1, 0.15) is 12.0 Å². The van der Waals surface area contributed by atoms with E-state index in [1.807, 2.05) is 43.3 Å². The zero-order chi connectivity index (χ0) is 14.5.